The van der Waals surface area contributed by atoms with Crippen LogP contribution in [-0.4, -0.2) is 12.6 Å². The monoisotopic (exact) mass is 296 g/mol. The Morgan fingerprint density at radius 1 is 0.789 bits per heavy atom. The summed E-state index contributed by atoms with van der Waals surface area (Å²) in [6.07, 6.45) is 16.1. The van der Waals surface area contributed by atoms with Crippen molar-refractivity contribution in [2.45, 2.75) is 90.9 Å². The molecule has 0 N–H and O–H groups in total. The van der Waals surface area contributed by atoms with Gasteiger partial charge in [-0.05, 0) is 6.42 Å². The van der Waals surface area contributed by atoms with Gasteiger partial charge in [0.05, 0.1) is 6.61 Å². The summed E-state index contributed by atoms with van der Waals surface area (Å²) in [4.78, 5) is 10.5. The number of carbonyl (C=O) groups is 1. The quantitative estimate of drug-likeness (QED) is 0.296. The van der Waals surface area contributed by atoms with Gasteiger partial charge in [-0.2, -0.15) is 0 Å². The van der Waals surface area contributed by atoms with Crippen LogP contribution >= 0.6 is 0 Å². The van der Waals surface area contributed by atoms with Gasteiger partial charge in [-0.15, -0.1) is 0 Å². The van der Waals surface area contributed by atoms with Crippen molar-refractivity contribution in [1.82, 2.24) is 0 Å². The maximum absolute atomic E-state index is 10.5. The van der Waals surface area contributed by atoms with Crippen molar-refractivity contribution >= 4 is 5.97 Å². The van der Waals surface area contributed by atoms with Crippen LogP contribution in [0.15, 0.2) is 0 Å². The van der Waals surface area contributed by atoms with E-state index < -0.39 is 0 Å². The minimum absolute atomic E-state index is 0. The first-order chi connectivity index (χ1) is 8.77. The maximum atomic E-state index is 10.5. The minimum atomic E-state index is -0.155. The first-order valence-corrected chi connectivity index (χ1v) is 7.90. The van der Waals surface area contributed by atoms with Gasteiger partial charge >= 0.3 is 57.4 Å². The topological polar surface area (TPSA) is 26.3 Å². The van der Waals surface area contributed by atoms with Crippen molar-refractivity contribution in [1.29, 1.82) is 0 Å². The molecular formula is C16H33KO2. The molecule has 0 fully saturated rings. The van der Waals surface area contributed by atoms with Crippen molar-refractivity contribution in [3.63, 3.8) is 0 Å². The maximum Gasteiger partial charge on any atom is 1.00 e. The molecule has 0 saturated heterocycles. The number of hydrogen-bond donors (Lipinski definition) is 0. The second-order valence-corrected chi connectivity index (χ2v) is 5.23. The number of unbranched alkanes of at least 4 members (excludes halogenated alkanes) is 11. The SMILES string of the molecule is CCCCCCCCCCCCCCOC(C)=O.[H-].[K+]. The molecule has 0 radical (unpaired) electrons. The molecule has 0 spiro atoms. The standard InChI is InChI=1S/C16H32O2.K.H/c1-3-4-5-6-7-8-9-10-11-12-13-14-15-18-16(2)17;;/h3-15H2,1-2H3;;/q;+1;-1. The van der Waals surface area contributed by atoms with Crippen molar-refractivity contribution in [3.05, 3.63) is 0 Å². The molecule has 0 saturated carbocycles. The van der Waals surface area contributed by atoms with Gasteiger partial charge in [-0.25, -0.2) is 0 Å². The van der Waals surface area contributed by atoms with E-state index in [1.54, 1.807) is 0 Å². The van der Waals surface area contributed by atoms with Crippen LogP contribution in [0.3, 0.4) is 0 Å². The molecule has 0 rings (SSSR count). The number of ether oxygens (including phenoxy) is 1. The van der Waals surface area contributed by atoms with E-state index in [0.29, 0.717) is 6.61 Å². The molecule has 0 aliphatic rings. The van der Waals surface area contributed by atoms with Gasteiger partial charge in [0.25, 0.3) is 0 Å². The van der Waals surface area contributed by atoms with Crippen LogP contribution in [0.5, 0.6) is 0 Å². The van der Waals surface area contributed by atoms with Crippen molar-refractivity contribution in [3.8, 4) is 0 Å². The van der Waals surface area contributed by atoms with E-state index in [4.69, 9.17) is 4.74 Å². The van der Waals surface area contributed by atoms with Crippen LogP contribution in [0.4, 0.5) is 0 Å². The molecule has 0 aromatic heterocycles. The Balaban J connectivity index is -0.00000144. The van der Waals surface area contributed by atoms with E-state index in [-0.39, 0.29) is 58.8 Å². The molecule has 0 bridgehead atoms. The minimum Gasteiger partial charge on any atom is -1.00 e. The Kier molecular flexibility index (Phi) is 22.5. The Morgan fingerprint density at radius 3 is 1.53 bits per heavy atom. The Labute approximate surface area is 164 Å². The fourth-order valence-corrected chi connectivity index (χ4v) is 2.16. The number of esters is 1. The number of rotatable bonds is 13. The van der Waals surface area contributed by atoms with E-state index >= 15 is 0 Å². The molecule has 110 valence electrons. The van der Waals surface area contributed by atoms with Crippen LogP contribution in [0.25, 0.3) is 0 Å². The molecule has 0 atom stereocenters. The zero-order valence-electron chi connectivity index (χ0n) is 14.5. The predicted molar refractivity (Wildman–Crippen MR) is 78.8 cm³/mol. The second kappa shape index (κ2) is 19.1. The second-order valence-electron chi connectivity index (χ2n) is 5.23. The third-order valence-corrected chi connectivity index (χ3v) is 3.30. The van der Waals surface area contributed by atoms with Gasteiger partial charge in [-0.1, -0.05) is 77.6 Å². The molecular weight excluding hydrogens is 263 g/mol. The van der Waals surface area contributed by atoms with E-state index in [0.717, 1.165) is 6.42 Å². The van der Waals surface area contributed by atoms with Crippen LogP contribution in [0.2, 0.25) is 0 Å². The van der Waals surface area contributed by atoms with E-state index in [9.17, 15) is 4.79 Å². The van der Waals surface area contributed by atoms with Gasteiger partial charge in [-0.3, -0.25) is 4.79 Å². The van der Waals surface area contributed by atoms with E-state index in [1.165, 1.54) is 77.6 Å². The van der Waals surface area contributed by atoms with Crippen LogP contribution < -0.4 is 51.4 Å². The van der Waals surface area contributed by atoms with Crippen molar-refractivity contribution in [2.75, 3.05) is 6.61 Å². The summed E-state index contributed by atoms with van der Waals surface area (Å²) in [5.74, 6) is -0.155. The summed E-state index contributed by atoms with van der Waals surface area (Å²) < 4.78 is 4.89. The Hall–Kier alpha value is 1.11. The summed E-state index contributed by atoms with van der Waals surface area (Å²) in [6, 6.07) is 0. The summed E-state index contributed by atoms with van der Waals surface area (Å²) in [6.45, 7) is 4.34. The Morgan fingerprint density at radius 2 is 1.16 bits per heavy atom. The van der Waals surface area contributed by atoms with Crippen LogP contribution in [-0.2, 0) is 9.53 Å². The molecule has 3 heteroatoms. The molecule has 2 nitrogen and oxygen atoms in total. The molecule has 0 aliphatic carbocycles. The summed E-state index contributed by atoms with van der Waals surface area (Å²) in [7, 11) is 0. The average molecular weight is 297 g/mol. The fourth-order valence-electron chi connectivity index (χ4n) is 2.16. The van der Waals surface area contributed by atoms with Gasteiger partial charge < -0.3 is 6.16 Å². The molecule has 0 heterocycles. The van der Waals surface area contributed by atoms with Gasteiger partial charge in [0.1, 0.15) is 0 Å². The molecule has 19 heavy (non-hydrogen) atoms. The van der Waals surface area contributed by atoms with Gasteiger partial charge in [0, 0.05) is 6.92 Å². The molecule has 0 aliphatic heterocycles. The first-order valence-electron chi connectivity index (χ1n) is 7.90. The molecule has 0 unspecified atom stereocenters. The molecule has 0 amide bonds. The zero-order chi connectivity index (χ0) is 13.5. The summed E-state index contributed by atoms with van der Waals surface area (Å²) in [5.41, 5.74) is 0. The largest absolute Gasteiger partial charge is 1.00 e. The summed E-state index contributed by atoms with van der Waals surface area (Å²) in [5, 5.41) is 0. The van der Waals surface area contributed by atoms with Gasteiger partial charge in [0.15, 0.2) is 0 Å². The number of carbonyl (C=O) groups excluding carboxylic acids is 1. The van der Waals surface area contributed by atoms with E-state index in [1.807, 2.05) is 0 Å². The smallest absolute Gasteiger partial charge is 1.00 e. The first kappa shape index (κ1) is 22.4. The van der Waals surface area contributed by atoms with Crippen LogP contribution in [0, 0.1) is 0 Å². The molecule has 0 aromatic rings. The third-order valence-electron chi connectivity index (χ3n) is 3.30. The fraction of sp³-hybridized carbons (Fsp3) is 0.938. The van der Waals surface area contributed by atoms with Crippen molar-refractivity contribution < 1.29 is 62.3 Å². The average Bonchev–Trinajstić information content (AvgIpc) is 2.34. The molecule has 0 aromatic carbocycles. The zero-order valence-corrected chi connectivity index (χ0v) is 16.6. The number of hydrogen-bond acceptors (Lipinski definition) is 2. The summed E-state index contributed by atoms with van der Waals surface area (Å²) >= 11 is 0. The Bertz CT molecular complexity index is 189. The third kappa shape index (κ3) is 21.6. The van der Waals surface area contributed by atoms with Gasteiger partial charge in [0.2, 0.25) is 0 Å². The van der Waals surface area contributed by atoms with Crippen molar-refractivity contribution in [2.24, 2.45) is 0 Å². The van der Waals surface area contributed by atoms with Crippen LogP contribution in [0.1, 0.15) is 92.3 Å². The predicted octanol–water partition coefficient (Wildman–Crippen LogP) is 2.37. The normalized spacial score (nSPS) is 10.0. The van der Waals surface area contributed by atoms with E-state index in [2.05, 4.69) is 6.92 Å².